The molecule has 2 aromatic rings. The summed E-state index contributed by atoms with van der Waals surface area (Å²) in [4.78, 5) is 14.2. The highest BCUT2D eigenvalue weighted by Crippen LogP contribution is 2.24. The second kappa shape index (κ2) is 8.10. The summed E-state index contributed by atoms with van der Waals surface area (Å²) in [6, 6.07) is 13.6. The lowest BCUT2D eigenvalue weighted by Gasteiger charge is -2.17. The molecule has 1 saturated heterocycles. The van der Waals surface area contributed by atoms with Crippen LogP contribution in [0.4, 0.5) is 0 Å². The molecular weight excluding hydrogens is 366 g/mol. The van der Waals surface area contributed by atoms with Gasteiger partial charge in [0.2, 0.25) is 0 Å². The van der Waals surface area contributed by atoms with Gasteiger partial charge >= 0.3 is 0 Å². The Morgan fingerprint density at radius 2 is 1.81 bits per heavy atom. The van der Waals surface area contributed by atoms with Crippen LogP contribution in [0.3, 0.4) is 0 Å². The minimum absolute atomic E-state index is 0.0518. The summed E-state index contributed by atoms with van der Waals surface area (Å²) in [5.74, 6) is 0.298. The number of aliphatic hydroxyl groups excluding tert-OH is 1. The van der Waals surface area contributed by atoms with Crippen molar-refractivity contribution in [3.05, 3.63) is 59.7 Å². The van der Waals surface area contributed by atoms with Gasteiger partial charge in [-0.05, 0) is 43.2 Å². The third-order valence-electron chi connectivity index (χ3n) is 4.75. The fraction of sp³-hybridized carbons (Fsp3) is 0.350. The van der Waals surface area contributed by atoms with Crippen LogP contribution in [0.25, 0.3) is 0 Å². The maximum absolute atomic E-state index is 12.8. The summed E-state index contributed by atoms with van der Waals surface area (Å²) in [6.45, 7) is 2.30. The molecule has 0 radical (unpaired) electrons. The van der Waals surface area contributed by atoms with E-state index >= 15 is 0 Å². The summed E-state index contributed by atoms with van der Waals surface area (Å²) in [7, 11) is -3.46. The smallest absolute Gasteiger partial charge is 0.260 e. The molecule has 6 nitrogen and oxygen atoms in total. The Balaban J connectivity index is 1.58. The third-order valence-corrected chi connectivity index (χ3v) is 6.95. The first kappa shape index (κ1) is 19.4. The molecule has 1 heterocycles. The van der Waals surface area contributed by atoms with Gasteiger partial charge in [-0.1, -0.05) is 29.8 Å². The van der Waals surface area contributed by atoms with Crippen molar-refractivity contribution in [2.75, 3.05) is 19.7 Å². The quantitative estimate of drug-likeness (QED) is 0.816. The first-order valence-corrected chi connectivity index (χ1v) is 10.4. The number of benzene rings is 2. The molecule has 1 amide bonds. The Morgan fingerprint density at radius 1 is 1.15 bits per heavy atom. The first-order chi connectivity index (χ1) is 12.9. The number of carbonyl (C=O) groups is 1. The van der Waals surface area contributed by atoms with Gasteiger partial charge in [-0.2, -0.15) is 0 Å². The average Bonchev–Trinajstić information content (AvgIpc) is 3.18. The fourth-order valence-corrected chi connectivity index (χ4v) is 4.75. The standard InChI is InChI=1S/C20H23NO5S/c1-15-2-8-18(9-3-15)27(24,25)19-10-11-21(12-19)20(23)14-26-17-6-4-16(13-22)5-7-17/h2-9,19,22H,10-14H2,1H3. The number of aliphatic hydroxyl groups is 1. The molecule has 1 fully saturated rings. The molecule has 7 heteroatoms. The van der Waals surface area contributed by atoms with Crippen LogP contribution in [0.1, 0.15) is 17.5 Å². The second-order valence-electron chi connectivity index (χ2n) is 6.70. The number of sulfone groups is 1. The van der Waals surface area contributed by atoms with Gasteiger partial charge in [0.1, 0.15) is 5.75 Å². The Hall–Kier alpha value is -2.38. The first-order valence-electron chi connectivity index (χ1n) is 8.81. The number of ether oxygens (including phenoxy) is 1. The van der Waals surface area contributed by atoms with Gasteiger partial charge in [0, 0.05) is 13.1 Å². The Kier molecular flexibility index (Phi) is 5.82. The fourth-order valence-electron chi connectivity index (χ4n) is 3.06. The molecule has 0 spiro atoms. The van der Waals surface area contributed by atoms with Crippen LogP contribution in [0.2, 0.25) is 0 Å². The molecule has 0 aromatic heterocycles. The molecule has 27 heavy (non-hydrogen) atoms. The third kappa shape index (κ3) is 4.48. The zero-order valence-electron chi connectivity index (χ0n) is 15.2. The lowest BCUT2D eigenvalue weighted by Crippen LogP contribution is -2.35. The van der Waals surface area contributed by atoms with Crippen LogP contribution in [0, 0.1) is 6.92 Å². The molecule has 1 aliphatic rings. The van der Waals surface area contributed by atoms with Crippen LogP contribution in [-0.2, 0) is 21.2 Å². The summed E-state index contributed by atoms with van der Waals surface area (Å²) in [5, 5.41) is 8.44. The van der Waals surface area contributed by atoms with Crippen molar-refractivity contribution in [3.8, 4) is 5.75 Å². The van der Waals surface area contributed by atoms with E-state index in [0.717, 1.165) is 11.1 Å². The Bertz CT molecular complexity index is 891. The van der Waals surface area contributed by atoms with Crippen LogP contribution < -0.4 is 4.74 Å². The minimum atomic E-state index is -3.46. The number of rotatable bonds is 6. The molecular formula is C20H23NO5S. The van der Waals surface area contributed by atoms with E-state index in [0.29, 0.717) is 23.6 Å². The van der Waals surface area contributed by atoms with E-state index in [1.54, 1.807) is 53.4 Å². The number of amides is 1. The molecule has 1 atom stereocenters. The lowest BCUT2D eigenvalue weighted by molar-refractivity contribution is -0.132. The molecule has 1 N–H and O–H groups in total. The Morgan fingerprint density at radius 3 is 2.44 bits per heavy atom. The van der Waals surface area contributed by atoms with Crippen LogP contribution >= 0.6 is 0 Å². The van der Waals surface area contributed by atoms with Gasteiger partial charge in [-0.3, -0.25) is 4.79 Å². The second-order valence-corrected chi connectivity index (χ2v) is 8.93. The van der Waals surface area contributed by atoms with E-state index < -0.39 is 15.1 Å². The van der Waals surface area contributed by atoms with E-state index in [4.69, 9.17) is 9.84 Å². The van der Waals surface area contributed by atoms with Crippen LogP contribution in [0.5, 0.6) is 5.75 Å². The molecule has 0 aliphatic carbocycles. The SMILES string of the molecule is Cc1ccc(S(=O)(=O)C2CCN(C(=O)COc3ccc(CO)cc3)C2)cc1. The highest BCUT2D eigenvalue weighted by Gasteiger charge is 2.36. The summed E-state index contributed by atoms with van der Waals surface area (Å²) in [6.07, 6.45) is 0.424. The summed E-state index contributed by atoms with van der Waals surface area (Å²) >= 11 is 0. The maximum Gasteiger partial charge on any atom is 0.260 e. The zero-order chi connectivity index (χ0) is 19.4. The number of hydrogen-bond acceptors (Lipinski definition) is 5. The van der Waals surface area contributed by atoms with Gasteiger partial charge in [0.25, 0.3) is 5.91 Å². The van der Waals surface area contributed by atoms with E-state index in [1.807, 2.05) is 6.92 Å². The van der Waals surface area contributed by atoms with E-state index in [1.165, 1.54) is 0 Å². The maximum atomic E-state index is 12.8. The average molecular weight is 389 g/mol. The van der Waals surface area contributed by atoms with Crippen molar-refractivity contribution in [3.63, 3.8) is 0 Å². The summed E-state index contributed by atoms with van der Waals surface area (Å²) < 4.78 is 31.0. The van der Waals surface area contributed by atoms with E-state index in [-0.39, 0.29) is 25.7 Å². The molecule has 144 valence electrons. The van der Waals surface area contributed by atoms with Crippen molar-refractivity contribution in [2.24, 2.45) is 0 Å². The zero-order valence-corrected chi connectivity index (χ0v) is 16.0. The van der Waals surface area contributed by atoms with Gasteiger partial charge in [0.15, 0.2) is 16.4 Å². The number of nitrogens with zero attached hydrogens (tertiary/aromatic N) is 1. The minimum Gasteiger partial charge on any atom is -0.484 e. The monoisotopic (exact) mass is 389 g/mol. The van der Waals surface area contributed by atoms with Gasteiger partial charge in [0.05, 0.1) is 16.8 Å². The van der Waals surface area contributed by atoms with Crippen molar-refractivity contribution < 1.29 is 23.1 Å². The highest BCUT2D eigenvalue weighted by molar-refractivity contribution is 7.92. The molecule has 0 saturated carbocycles. The predicted molar refractivity (Wildman–Crippen MR) is 101 cm³/mol. The molecule has 1 aliphatic heterocycles. The molecule has 2 aromatic carbocycles. The number of likely N-dealkylation sites (tertiary alicyclic amines) is 1. The predicted octanol–water partition coefficient (Wildman–Crippen LogP) is 1.94. The number of hydrogen-bond donors (Lipinski definition) is 1. The van der Waals surface area contributed by atoms with E-state index in [2.05, 4.69) is 0 Å². The summed E-state index contributed by atoms with van der Waals surface area (Å²) in [5.41, 5.74) is 1.76. The molecule has 1 unspecified atom stereocenters. The van der Waals surface area contributed by atoms with Crippen LogP contribution in [-0.4, -0.2) is 49.3 Å². The Labute approximate surface area is 159 Å². The lowest BCUT2D eigenvalue weighted by atomic mass is 10.2. The van der Waals surface area contributed by atoms with Crippen molar-refractivity contribution >= 4 is 15.7 Å². The van der Waals surface area contributed by atoms with Gasteiger partial charge in [-0.25, -0.2) is 8.42 Å². The van der Waals surface area contributed by atoms with Crippen molar-refractivity contribution in [2.45, 2.75) is 30.1 Å². The number of carbonyl (C=O) groups excluding carboxylic acids is 1. The normalized spacial score (nSPS) is 17.1. The number of aryl methyl sites for hydroxylation is 1. The van der Waals surface area contributed by atoms with Gasteiger partial charge in [-0.15, -0.1) is 0 Å². The largest absolute Gasteiger partial charge is 0.484 e. The van der Waals surface area contributed by atoms with E-state index in [9.17, 15) is 13.2 Å². The van der Waals surface area contributed by atoms with Crippen LogP contribution in [0.15, 0.2) is 53.4 Å². The molecule has 0 bridgehead atoms. The van der Waals surface area contributed by atoms with Crippen molar-refractivity contribution in [1.29, 1.82) is 0 Å². The van der Waals surface area contributed by atoms with Gasteiger partial charge < -0.3 is 14.7 Å². The highest BCUT2D eigenvalue weighted by atomic mass is 32.2. The molecule has 3 rings (SSSR count). The van der Waals surface area contributed by atoms with Crippen molar-refractivity contribution in [1.82, 2.24) is 4.90 Å². The topological polar surface area (TPSA) is 83.9 Å².